The molecule has 2 unspecified atom stereocenters. The lowest BCUT2D eigenvalue weighted by Gasteiger charge is -2.17. The first kappa shape index (κ1) is 16.0. The Kier molecular flexibility index (Phi) is 4.70. The highest BCUT2D eigenvalue weighted by molar-refractivity contribution is 7.99. The summed E-state index contributed by atoms with van der Waals surface area (Å²) in [5, 5.41) is 12.7. The van der Waals surface area contributed by atoms with Gasteiger partial charge in [-0.15, -0.1) is 0 Å². The van der Waals surface area contributed by atoms with Gasteiger partial charge in [0.2, 0.25) is 0 Å². The third-order valence-electron chi connectivity index (χ3n) is 3.65. The van der Waals surface area contributed by atoms with Crippen LogP contribution in [0.1, 0.15) is 35.2 Å². The minimum Gasteiger partial charge on any atom is -0.478 e. The molecule has 21 heavy (non-hydrogen) atoms. The van der Waals surface area contributed by atoms with E-state index in [9.17, 15) is 18.0 Å². The molecule has 0 spiro atoms. The number of thioether (sulfide) groups is 1. The number of nitrogens with one attached hydrogen (secondary N) is 1. The number of anilines is 1. The fourth-order valence-electron chi connectivity index (χ4n) is 2.53. The fourth-order valence-corrected chi connectivity index (χ4v) is 3.33. The zero-order chi connectivity index (χ0) is 15.6. The van der Waals surface area contributed by atoms with Gasteiger partial charge in [-0.2, -0.15) is 24.9 Å². The van der Waals surface area contributed by atoms with E-state index in [-0.39, 0.29) is 17.3 Å². The fraction of sp³-hybridized carbons (Fsp3) is 0.500. The van der Waals surface area contributed by atoms with Gasteiger partial charge in [0.05, 0.1) is 11.1 Å². The molecule has 0 heterocycles. The first-order chi connectivity index (χ1) is 9.81. The predicted molar refractivity (Wildman–Crippen MR) is 77.0 cm³/mol. The number of rotatable bonds is 4. The Morgan fingerprint density at radius 1 is 1.38 bits per heavy atom. The van der Waals surface area contributed by atoms with Gasteiger partial charge in [-0.3, -0.25) is 0 Å². The third-order valence-corrected chi connectivity index (χ3v) is 4.75. The van der Waals surface area contributed by atoms with E-state index in [1.54, 1.807) is 11.8 Å². The highest BCUT2D eigenvalue weighted by atomic mass is 32.2. The molecule has 2 atom stereocenters. The van der Waals surface area contributed by atoms with Crippen molar-refractivity contribution < 1.29 is 23.1 Å². The van der Waals surface area contributed by atoms with Gasteiger partial charge in [-0.05, 0) is 43.7 Å². The molecule has 0 saturated heterocycles. The summed E-state index contributed by atoms with van der Waals surface area (Å²) in [6.45, 7) is 0. The molecule has 0 bridgehead atoms. The largest absolute Gasteiger partial charge is 0.478 e. The van der Waals surface area contributed by atoms with Crippen LogP contribution in [0.5, 0.6) is 0 Å². The number of hydrogen-bond donors (Lipinski definition) is 2. The summed E-state index contributed by atoms with van der Waals surface area (Å²) in [4.78, 5) is 11.2. The van der Waals surface area contributed by atoms with Crippen LogP contribution in [-0.4, -0.2) is 28.6 Å². The monoisotopic (exact) mass is 319 g/mol. The van der Waals surface area contributed by atoms with E-state index >= 15 is 0 Å². The van der Waals surface area contributed by atoms with Crippen LogP contribution in [0.3, 0.4) is 0 Å². The summed E-state index contributed by atoms with van der Waals surface area (Å²) in [5.41, 5.74) is -1.03. The van der Waals surface area contributed by atoms with Gasteiger partial charge in [0.25, 0.3) is 0 Å². The highest BCUT2D eigenvalue weighted by Crippen LogP contribution is 2.34. The number of alkyl halides is 3. The molecule has 2 N–H and O–H groups in total. The maximum atomic E-state index is 12.6. The van der Waals surface area contributed by atoms with Crippen molar-refractivity contribution >= 4 is 23.4 Å². The van der Waals surface area contributed by atoms with Crippen molar-refractivity contribution in [3.8, 4) is 0 Å². The van der Waals surface area contributed by atoms with E-state index in [1.807, 2.05) is 6.26 Å². The van der Waals surface area contributed by atoms with Gasteiger partial charge < -0.3 is 10.4 Å². The van der Waals surface area contributed by atoms with Crippen molar-refractivity contribution in [1.82, 2.24) is 0 Å². The molecule has 2 rings (SSSR count). The molecule has 1 aromatic rings. The molecule has 0 amide bonds. The van der Waals surface area contributed by atoms with E-state index in [1.165, 1.54) is 6.07 Å². The molecule has 1 saturated carbocycles. The number of carboxylic acids is 1. The average Bonchev–Trinajstić information content (AvgIpc) is 2.85. The van der Waals surface area contributed by atoms with Crippen LogP contribution < -0.4 is 5.32 Å². The Morgan fingerprint density at radius 2 is 2.10 bits per heavy atom. The molecular formula is C14H16F3NO2S. The number of carboxylic acid groups (broad SMARTS) is 1. The standard InChI is InChI=1S/C14H16F3NO2S/c1-21-10-4-3-9(7-10)18-12-5-2-8(14(15,16)17)6-11(12)13(19)20/h2,5-6,9-10,18H,3-4,7H2,1H3,(H,19,20). The summed E-state index contributed by atoms with van der Waals surface area (Å²) in [6, 6.07) is 2.91. The second-order valence-electron chi connectivity index (χ2n) is 5.08. The molecule has 1 aliphatic carbocycles. The number of aromatic carboxylic acids is 1. The Balaban J connectivity index is 2.21. The molecule has 1 fully saturated rings. The third kappa shape index (κ3) is 3.84. The Morgan fingerprint density at radius 3 is 2.62 bits per heavy atom. The van der Waals surface area contributed by atoms with E-state index < -0.39 is 17.7 Å². The maximum Gasteiger partial charge on any atom is 0.416 e. The summed E-state index contributed by atoms with van der Waals surface area (Å²) < 4.78 is 37.9. The quantitative estimate of drug-likeness (QED) is 0.877. The molecule has 116 valence electrons. The van der Waals surface area contributed by atoms with E-state index in [0.29, 0.717) is 11.3 Å². The van der Waals surface area contributed by atoms with Gasteiger partial charge in [-0.25, -0.2) is 4.79 Å². The van der Waals surface area contributed by atoms with Gasteiger partial charge in [0, 0.05) is 17.0 Å². The molecule has 0 aliphatic heterocycles. The summed E-state index contributed by atoms with van der Waals surface area (Å²) in [6.07, 6.45) is 0.294. The first-order valence-corrected chi connectivity index (χ1v) is 7.84. The summed E-state index contributed by atoms with van der Waals surface area (Å²) in [5.74, 6) is -1.36. The van der Waals surface area contributed by atoms with Crippen molar-refractivity contribution in [3.05, 3.63) is 29.3 Å². The molecular weight excluding hydrogens is 303 g/mol. The van der Waals surface area contributed by atoms with Crippen LogP contribution >= 0.6 is 11.8 Å². The second-order valence-corrected chi connectivity index (χ2v) is 6.21. The van der Waals surface area contributed by atoms with Gasteiger partial charge in [0.15, 0.2) is 0 Å². The van der Waals surface area contributed by atoms with Gasteiger partial charge in [-0.1, -0.05) is 0 Å². The maximum absolute atomic E-state index is 12.6. The number of halogens is 3. The molecule has 1 aliphatic rings. The summed E-state index contributed by atoms with van der Waals surface area (Å²) in [7, 11) is 0. The van der Waals surface area contributed by atoms with Gasteiger partial charge >= 0.3 is 12.1 Å². The molecule has 0 aromatic heterocycles. The lowest BCUT2D eigenvalue weighted by atomic mass is 10.1. The summed E-state index contributed by atoms with van der Waals surface area (Å²) >= 11 is 1.76. The lowest BCUT2D eigenvalue weighted by molar-refractivity contribution is -0.137. The second kappa shape index (κ2) is 6.17. The number of carbonyl (C=O) groups is 1. The molecule has 0 radical (unpaired) electrons. The normalized spacial score (nSPS) is 22.3. The van der Waals surface area contributed by atoms with Crippen LogP contribution in [0.15, 0.2) is 18.2 Å². The van der Waals surface area contributed by atoms with Crippen LogP contribution in [-0.2, 0) is 6.18 Å². The smallest absolute Gasteiger partial charge is 0.416 e. The van der Waals surface area contributed by atoms with Crippen molar-refractivity contribution in [2.75, 3.05) is 11.6 Å². The minimum absolute atomic E-state index is 0.109. The van der Waals surface area contributed by atoms with Crippen molar-refractivity contribution in [2.45, 2.75) is 36.7 Å². The van der Waals surface area contributed by atoms with E-state index in [4.69, 9.17) is 5.11 Å². The van der Waals surface area contributed by atoms with E-state index in [2.05, 4.69) is 5.32 Å². The minimum atomic E-state index is -4.54. The molecule has 1 aromatic carbocycles. The zero-order valence-corrected chi connectivity index (χ0v) is 12.2. The Labute approximate surface area is 124 Å². The lowest BCUT2D eigenvalue weighted by Crippen LogP contribution is -2.19. The topological polar surface area (TPSA) is 49.3 Å². The zero-order valence-electron chi connectivity index (χ0n) is 11.4. The number of benzene rings is 1. The molecule has 3 nitrogen and oxygen atoms in total. The highest BCUT2D eigenvalue weighted by Gasteiger charge is 2.32. The Hall–Kier alpha value is -1.37. The van der Waals surface area contributed by atoms with Gasteiger partial charge in [0.1, 0.15) is 0 Å². The van der Waals surface area contributed by atoms with Crippen molar-refractivity contribution in [2.24, 2.45) is 0 Å². The van der Waals surface area contributed by atoms with E-state index in [0.717, 1.165) is 25.3 Å². The number of hydrogen-bond acceptors (Lipinski definition) is 3. The SMILES string of the molecule is CSC1CCC(Nc2ccc(C(F)(F)F)cc2C(=O)O)C1. The van der Waals surface area contributed by atoms with Crippen LogP contribution in [0.25, 0.3) is 0 Å². The molecule has 7 heteroatoms. The van der Waals surface area contributed by atoms with Crippen molar-refractivity contribution in [1.29, 1.82) is 0 Å². The average molecular weight is 319 g/mol. The van der Waals surface area contributed by atoms with Crippen molar-refractivity contribution in [3.63, 3.8) is 0 Å². The first-order valence-electron chi connectivity index (χ1n) is 6.55. The van der Waals surface area contributed by atoms with Crippen LogP contribution in [0.4, 0.5) is 18.9 Å². The van der Waals surface area contributed by atoms with Crippen LogP contribution in [0, 0.1) is 0 Å². The van der Waals surface area contributed by atoms with Crippen LogP contribution in [0.2, 0.25) is 0 Å². The predicted octanol–water partition coefficient (Wildman–Crippen LogP) is 4.10. The Bertz CT molecular complexity index is 533.